The molecule has 2 heteroatoms. The molecule has 3 rings (SSSR count). The summed E-state index contributed by atoms with van der Waals surface area (Å²) in [4.78, 5) is 0. The quantitative estimate of drug-likeness (QED) is 0.732. The third kappa shape index (κ3) is 2.21. The molecule has 0 fully saturated rings. The molecular formula is C15H13ClO. The fourth-order valence-corrected chi connectivity index (χ4v) is 2.36. The van der Waals surface area contributed by atoms with Crippen LogP contribution in [0.4, 0.5) is 0 Å². The minimum Gasteiger partial charge on any atom is -0.368 e. The van der Waals surface area contributed by atoms with Gasteiger partial charge in [0.05, 0.1) is 12.7 Å². The van der Waals surface area contributed by atoms with E-state index >= 15 is 0 Å². The molecule has 1 heterocycles. The summed E-state index contributed by atoms with van der Waals surface area (Å²) in [6, 6.07) is 16.4. The van der Waals surface area contributed by atoms with Gasteiger partial charge in [-0.05, 0) is 28.8 Å². The van der Waals surface area contributed by atoms with Crippen LogP contribution in [0.1, 0.15) is 22.8 Å². The number of fused-ring (bicyclic) bond motifs is 1. The second kappa shape index (κ2) is 4.52. The number of hydrogen-bond acceptors (Lipinski definition) is 1. The van der Waals surface area contributed by atoms with Crippen LogP contribution in [0.15, 0.2) is 48.5 Å². The third-order valence-electron chi connectivity index (χ3n) is 3.21. The monoisotopic (exact) mass is 244 g/mol. The minimum atomic E-state index is 0.155. The Balaban J connectivity index is 1.86. The summed E-state index contributed by atoms with van der Waals surface area (Å²) in [5.41, 5.74) is 3.89. The van der Waals surface area contributed by atoms with Gasteiger partial charge in [0.2, 0.25) is 0 Å². The van der Waals surface area contributed by atoms with Crippen LogP contribution in [-0.4, -0.2) is 0 Å². The Bertz CT molecular complexity index is 519. The molecule has 0 radical (unpaired) electrons. The highest BCUT2D eigenvalue weighted by Gasteiger charge is 2.19. The lowest BCUT2D eigenvalue weighted by Gasteiger charge is -2.25. The van der Waals surface area contributed by atoms with Gasteiger partial charge >= 0.3 is 0 Å². The lowest BCUT2D eigenvalue weighted by atomic mass is 9.95. The van der Waals surface area contributed by atoms with Crippen molar-refractivity contribution < 1.29 is 4.74 Å². The predicted molar refractivity (Wildman–Crippen MR) is 69.1 cm³/mol. The van der Waals surface area contributed by atoms with Crippen molar-refractivity contribution in [1.29, 1.82) is 0 Å². The van der Waals surface area contributed by atoms with E-state index in [1.165, 1.54) is 16.7 Å². The lowest BCUT2D eigenvalue weighted by molar-refractivity contribution is 0.0274. The summed E-state index contributed by atoms with van der Waals surface area (Å²) < 4.78 is 5.89. The minimum absolute atomic E-state index is 0.155. The van der Waals surface area contributed by atoms with Crippen molar-refractivity contribution in [1.82, 2.24) is 0 Å². The van der Waals surface area contributed by atoms with E-state index < -0.39 is 0 Å². The molecular weight excluding hydrogens is 232 g/mol. The smallest absolute Gasteiger partial charge is 0.0869 e. The summed E-state index contributed by atoms with van der Waals surface area (Å²) in [5, 5.41) is 0.768. The van der Waals surface area contributed by atoms with Gasteiger partial charge in [0.25, 0.3) is 0 Å². The van der Waals surface area contributed by atoms with E-state index in [-0.39, 0.29) is 6.10 Å². The molecule has 0 aliphatic carbocycles. The van der Waals surface area contributed by atoms with Crippen LogP contribution >= 0.6 is 11.6 Å². The van der Waals surface area contributed by atoms with E-state index in [2.05, 4.69) is 24.3 Å². The van der Waals surface area contributed by atoms with Gasteiger partial charge < -0.3 is 4.74 Å². The van der Waals surface area contributed by atoms with E-state index in [0.717, 1.165) is 11.4 Å². The summed E-state index contributed by atoms with van der Waals surface area (Å²) >= 11 is 5.89. The third-order valence-corrected chi connectivity index (χ3v) is 3.46. The Morgan fingerprint density at radius 3 is 2.41 bits per heavy atom. The normalized spacial score (nSPS) is 18.8. The molecule has 0 saturated carbocycles. The molecule has 1 unspecified atom stereocenters. The maximum absolute atomic E-state index is 5.89. The van der Waals surface area contributed by atoms with Crippen molar-refractivity contribution in [3.8, 4) is 0 Å². The number of benzene rings is 2. The molecule has 17 heavy (non-hydrogen) atoms. The van der Waals surface area contributed by atoms with Crippen LogP contribution in [0.2, 0.25) is 5.02 Å². The van der Waals surface area contributed by atoms with Crippen molar-refractivity contribution in [2.75, 3.05) is 0 Å². The number of ether oxygens (including phenoxy) is 1. The Labute approximate surface area is 106 Å². The zero-order valence-corrected chi connectivity index (χ0v) is 10.2. The summed E-state index contributed by atoms with van der Waals surface area (Å²) in [6.45, 7) is 0.698. The highest BCUT2D eigenvalue weighted by molar-refractivity contribution is 6.30. The number of rotatable bonds is 1. The highest BCUT2D eigenvalue weighted by Crippen LogP contribution is 2.30. The zero-order chi connectivity index (χ0) is 11.7. The van der Waals surface area contributed by atoms with Gasteiger partial charge in [0, 0.05) is 11.4 Å². The first kappa shape index (κ1) is 10.8. The van der Waals surface area contributed by atoms with Gasteiger partial charge in [0.15, 0.2) is 0 Å². The molecule has 0 spiro atoms. The van der Waals surface area contributed by atoms with Crippen LogP contribution in [0, 0.1) is 0 Å². The summed E-state index contributed by atoms with van der Waals surface area (Å²) in [7, 11) is 0. The van der Waals surface area contributed by atoms with Crippen molar-refractivity contribution in [2.24, 2.45) is 0 Å². The van der Waals surface area contributed by atoms with Crippen molar-refractivity contribution >= 4 is 11.6 Å². The van der Waals surface area contributed by atoms with Crippen LogP contribution in [-0.2, 0) is 17.8 Å². The van der Waals surface area contributed by atoms with E-state index in [9.17, 15) is 0 Å². The first-order valence-electron chi connectivity index (χ1n) is 5.77. The van der Waals surface area contributed by atoms with Crippen molar-refractivity contribution in [2.45, 2.75) is 19.1 Å². The average molecular weight is 245 g/mol. The molecule has 1 atom stereocenters. The second-order valence-corrected chi connectivity index (χ2v) is 4.76. The van der Waals surface area contributed by atoms with Gasteiger partial charge in [-0.25, -0.2) is 0 Å². The standard InChI is InChI=1S/C15H13ClO/c16-14-7-5-11(6-8-14)15-9-12-3-1-2-4-13(12)10-17-15/h1-8,15H,9-10H2. The highest BCUT2D eigenvalue weighted by atomic mass is 35.5. The summed E-state index contributed by atoms with van der Waals surface area (Å²) in [6.07, 6.45) is 1.10. The summed E-state index contributed by atoms with van der Waals surface area (Å²) in [5.74, 6) is 0. The van der Waals surface area contributed by atoms with Gasteiger partial charge in [-0.3, -0.25) is 0 Å². The largest absolute Gasteiger partial charge is 0.368 e. The molecule has 1 aliphatic rings. The van der Waals surface area contributed by atoms with Crippen LogP contribution in [0.25, 0.3) is 0 Å². The van der Waals surface area contributed by atoms with E-state index in [0.29, 0.717) is 6.61 Å². The Hall–Kier alpha value is -1.31. The van der Waals surface area contributed by atoms with E-state index in [1.807, 2.05) is 24.3 Å². The number of hydrogen-bond donors (Lipinski definition) is 0. The molecule has 86 valence electrons. The van der Waals surface area contributed by atoms with E-state index in [1.54, 1.807) is 0 Å². The van der Waals surface area contributed by atoms with Gasteiger partial charge in [-0.1, -0.05) is 48.0 Å². The maximum atomic E-state index is 5.89. The molecule has 2 aromatic rings. The van der Waals surface area contributed by atoms with Gasteiger partial charge in [-0.15, -0.1) is 0 Å². The first-order chi connectivity index (χ1) is 8.33. The van der Waals surface area contributed by atoms with Crippen LogP contribution in [0.3, 0.4) is 0 Å². The fourth-order valence-electron chi connectivity index (χ4n) is 2.24. The molecule has 1 aliphatic heterocycles. The number of halogens is 1. The Morgan fingerprint density at radius 2 is 1.65 bits per heavy atom. The molecule has 0 aromatic heterocycles. The molecule has 2 aromatic carbocycles. The second-order valence-electron chi connectivity index (χ2n) is 4.32. The van der Waals surface area contributed by atoms with E-state index in [4.69, 9.17) is 16.3 Å². The molecule has 1 nitrogen and oxygen atoms in total. The lowest BCUT2D eigenvalue weighted by Crippen LogP contribution is -2.15. The average Bonchev–Trinajstić information content (AvgIpc) is 2.39. The maximum Gasteiger partial charge on any atom is 0.0869 e. The van der Waals surface area contributed by atoms with Gasteiger partial charge in [-0.2, -0.15) is 0 Å². The Morgan fingerprint density at radius 1 is 0.941 bits per heavy atom. The zero-order valence-electron chi connectivity index (χ0n) is 9.40. The predicted octanol–water partition coefficient (Wildman–Crippen LogP) is 4.15. The van der Waals surface area contributed by atoms with Crippen molar-refractivity contribution in [3.05, 3.63) is 70.2 Å². The van der Waals surface area contributed by atoms with Crippen molar-refractivity contribution in [3.63, 3.8) is 0 Å². The molecule has 0 bridgehead atoms. The SMILES string of the molecule is Clc1ccc(C2Cc3ccccc3CO2)cc1. The molecule has 0 saturated heterocycles. The molecule has 0 N–H and O–H groups in total. The van der Waals surface area contributed by atoms with Crippen LogP contribution in [0.5, 0.6) is 0 Å². The fraction of sp³-hybridized carbons (Fsp3) is 0.200. The Kier molecular flexibility index (Phi) is 2.87. The van der Waals surface area contributed by atoms with Gasteiger partial charge in [0.1, 0.15) is 0 Å². The first-order valence-corrected chi connectivity index (χ1v) is 6.14. The topological polar surface area (TPSA) is 9.23 Å². The molecule has 0 amide bonds. The van der Waals surface area contributed by atoms with Crippen LogP contribution < -0.4 is 0 Å².